The SMILES string of the molecule is O=C(NC(CC(F)(F)F)C(=O)N1CCCCC1C(=O)O)OCC1c2ccccc2-c2ccccc21. The molecule has 2 atom stereocenters. The second kappa shape index (κ2) is 9.97. The molecule has 10 heteroatoms. The summed E-state index contributed by atoms with van der Waals surface area (Å²) in [5.41, 5.74) is 3.85. The molecule has 0 radical (unpaired) electrons. The van der Waals surface area contributed by atoms with Gasteiger partial charge in [-0.05, 0) is 41.5 Å². The molecule has 35 heavy (non-hydrogen) atoms. The van der Waals surface area contributed by atoms with Crippen molar-refractivity contribution in [3.63, 3.8) is 0 Å². The average Bonchev–Trinajstić information content (AvgIpc) is 3.14. The van der Waals surface area contributed by atoms with Gasteiger partial charge in [0.2, 0.25) is 5.91 Å². The summed E-state index contributed by atoms with van der Waals surface area (Å²) < 4.78 is 45.0. The number of piperidine rings is 1. The zero-order valence-electron chi connectivity index (χ0n) is 18.8. The fraction of sp³-hybridized carbons (Fsp3) is 0.400. The molecule has 0 spiro atoms. The standard InChI is InChI=1S/C25H25F3N2O5/c26-25(27,28)13-20(22(31)30-12-6-5-11-21(30)23(32)33)29-24(34)35-14-19-17-9-3-1-7-15(17)16-8-2-4-10-18(16)19/h1-4,7-10,19-21H,5-6,11-14H2,(H,29,34)(H,32,33). The van der Waals surface area contributed by atoms with Gasteiger partial charge in [0, 0.05) is 12.5 Å². The zero-order chi connectivity index (χ0) is 25.2. The number of halogens is 3. The number of hydrogen-bond donors (Lipinski definition) is 2. The van der Waals surface area contributed by atoms with Gasteiger partial charge in [0.15, 0.2) is 0 Å². The molecule has 2 amide bonds. The molecule has 2 aliphatic rings. The predicted molar refractivity (Wildman–Crippen MR) is 120 cm³/mol. The number of carbonyl (C=O) groups excluding carboxylic acids is 2. The third-order valence-corrected chi connectivity index (χ3v) is 6.44. The number of ether oxygens (including phenoxy) is 1. The molecule has 1 fully saturated rings. The molecular formula is C25H25F3N2O5. The number of nitrogens with zero attached hydrogens (tertiary/aromatic N) is 1. The maximum Gasteiger partial charge on any atom is 0.407 e. The predicted octanol–water partition coefficient (Wildman–Crippen LogP) is 4.31. The van der Waals surface area contributed by atoms with Gasteiger partial charge in [0.25, 0.3) is 0 Å². The monoisotopic (exact) mass is 490 g/mol. The van der Waals surface area contributed by atoms with Crippen LogP contribution in [-0.2, 0) is 14.3 Å². The first-order chi connectivity index (χ1) is 16.7. The molecule has 4 rings (SSSR count). The number of carboxylic acid groups (broad SMARTS) is 1. The Morgan fingerprint density at radius 1 is 1.03 bits per heavy atom. The van der Waals surface area contributed by atoms with Gasteiger partial charge in [-0.2, -0.15) is 13.2 Å². The quantitative estimate of drug-likeness (QED) is 0.629. The first kappa shape index (κ1) is 24.6. The smallest absolute Gasteiger partial charge is 0.407 e. The van der Waals surface area contributed by atoms with E-state index in [-0.39, 0.29) is 25.5 Å². The Hall–Kier alpha value is -3.56. The largest absolute Gasteiger partial charge is 0.480 e. The second-order valence-electron chi connectivity index (χ2n) is 8.72. The summed E-state index contributed by atoms with van der Waals surface area (Å²) in [6, 6.07) is 12.0. The first-order valence-corrected chi connectivity index (χ1v) is 11.4. The van der Waals surface area contributed by atoms with Crippen LogP contribution in [0, 0.1) is 0 Å². The van der Waals surface area contributed by atoms with Crippen molar-refractivity contribution in [2.24, 2.45) is 0 Å². The normalized spacial score (nSPS) is 18.4. The van der Waals surface area contributed by atoms with Crippen LogP contribution in [0.25, 0.3) is 11.1 Å². The maximum absolute atomic E-state index is 13.2. The van der Waals surface area contributed by atoms with Crippen LogP contribution >= 0.6 is 0 Å². The zero-order valence-corrected chi connectivity index (χ0v) is 18.8. The third kappa shape index (κ3) is 5.41. The van der Waals surface area contributed by atoms with E-state index in [1.54, 1.807) is 0 Å². The number of rotatable bonds is 6. The molecule has 2 aromatic carbocycles. The molecule has 0 aromatic heterocycles. The Labute approximate surface area is 199 Å². The van der Waals surface area contributed by atoms with E-state index in [0.29, 0.717) is 12.8 Å². The van der Waals surface area contributed by atoms with Crippen molar-refractivity contribution in [1.82, 2.24) is 10.2 Å². The van der Waals surface area contributed by atoms with Crippen molar-refractivity contribution in [2.45, 2.75) is 49.9 Å². The summed E-state index contributed by atoms with van der Waals surface area (Å²) in [6.07, 6.45) is -6.39. The number of carbonyl (C=O) groups is 3. The van der Waals surface area contributed by atoms with Crippen LogP contribution in [-0.4, -0.2) is 59.4 Å². The number of nitrogens with one attached hydrogen (secondary N) is 1. The van der Waals surface area contributed by atoms with Crippen LogP contribution in [0.15, 0.2) is 48.5 Å². The van der Waals surface area contributed by atoms with E-state index in [4.69, 9.17) is 4.74 Å². The van der Waals surface area contributed by atoms with Gasteiger partial charge >= 0.3 is 18.2 Å². The van der Waals surface area contributed by atoms with Crippen molar-refractivity contribution < 1.29 is 37.4 Å². The van der Waals surface area contributed by atoms with Crippen LogP contribution in [0.5, 0.6) is 0 Å². The van der Waals surface area contributed by atoms with Gasteiger partial charge in [-0.3, -0.25) is 4.79 Å². The lowest BCUT2D eigenvalue weighted by molar-refractivity contribution is -0.160. The highest BCUT2D eigenvalue weighted by atomic mass is 19.4. The van der Waals surface area contributed by atoms with Crippen molar-refractivity contribution in [2.75, 3.05) is 13.2 Å². The average molecular weight is 490 g/mol. The van der Waals surface area contributed by atoms with Gasteiger partial charge in [0.1, 0.15) is 18.7 Å². The van der Waals surface area contributed by atoms with Crippen LogP contribution in [0.4, 0.5) is 18.0 Å². The molecule has 0 bridgehead atoms. The van der Waals surface area contributed by atoms with E-state index in [0.717, 1.165) is 27.2 Å². The van der Waals surface area contributed by atoms with Crippen molar-refractivity contribution in [3.05, 3.63) is 59.7 Å². The Kier molecular flexibility index (Phi) is 7.00. The van der Waals surface area contributed by atoms with E-state index in [1.807, 2.05) is 53.8 Å². The molecule has 7 nitrogen and oxygen atoms in total. The number of aliphatic carboxylic acids is 1. The summed E-state index contributed by atoms with van der Waals surface area (Å²) >= 11 is 0. The molecule has 186 valence electrons. The molecule has 1 saturated heterocycles. The first-order valence-electron chi connectivity index (χ1n) is 11.4. The molecule has 1 aliphatic carbocycles. The Bertz CT molecular complexity index is 1070. The number of hydrogen-bond acceptors (Lipinski definition) is 4. The minimum atomic E-state index is -4.76. The van der Waals surface area contributed by atoms with Gasteiger partial charge in [-0.15, -0.1) is 0 Å². The number of likely N-dealkylation sites (tertiary alicyclic amines) is 1. The minimum Gasteiger partial charge on any atom is -0.480 e. The molecule has 0 saturated carbocycles. The van der Waals surface area contributed by atoms with Gasteiger partial charge in [-0.25, -0.2) is 9.59 Å². The Balaban J connectivity index is 1.47. The van der Waals surface area contributed by atoms with Crippen molar-refractivity contribution in [1.29, 1.82) is 0 Å². The van der Waals surface area contributed by atoms with E-state index in [2.05, 4.69) is 0 Å². The summed E-state index contributed by atoms with van der Waals surface area (Å²) in [5.74, 6) is -2.67. The van der Waals surface area contributed by atoms with Crippen LogP contribution < -0.4 is 5.32 Å². The number of alkyl carbamates (subject to hydrolysis) is 1. The van der Waals surface area contributed by atoms with E-state index >= 15 is 0 Å². The highest BCUT2D eigenvalue weighted by Crippen LogP contribution is 2.44. The number of amides is 2. The topological polar surface area (TPSA) is 95.9 Å². The van der Waals surface area contributed by atoms with E-state index in [9.17, 15) is 32.7 Å². The molecule has 1 heterocycles. The summed E-state index contributed by atoms with van der Waals surface area (Å²) in [5, 5.41) is 11.4. The highest BCUT2D eigenvalue weighted by Gasteiger charge is 2.42. The third-order valence-electron chi connectivity index (χ3n) is 6.44. The van der Waals surface area contributed by atoms with Crippen LogP contribution in [0.1, 0.15) is 42.7 Å². The number of fused-ring (bicyclic) bond motifs is 3. The van der Waals surface area contributed by atoms with Gasteiger partial charge in [0.05, 0.1) is 6.42 Å². The molecule has 2 aromatic rings. The minimum absolute atomic E-state index is 0.0104. The molecular weight excluding hydrogens is 465 g/mol. The Morgan fingerprint density at radius 2 is 1.63 bits per heavy atom. The maximum atomic E-state index is 13.2. The molecule has 2 N–H and O–H groups in total. The lowest BCUT2D eigenvalue weighted by atomic mass is 9.98. The second-order valence-corrected chi connectivity index (χ2v) is 8.72. The molecule has 1 aliphatic heterocycles. The highest BCUT2D eigenvalue weighted by molar-refractivity contribution is 5.89. The number of carboxylic acids is 1. The van der Waals surface area contributed by atoms with Crippen LogP contribution in [0.2, 0.25) is 0 Å². The number of benzene rings is 2. The summed E-state index contributed by atoms with van der Waals surface area (Å²) in [7, 11) is 0. The molecule has 2 unspecified atom stereocenters. The van der Waals surface area contributed by atoms with Crippen molar-refractivity contribution in [3.8, 4) is 11.1 Å². The number of alkyl halides is 3. The fourth-order valence-electron chi connectivity index (χ4n) is 4.87. The Morgan fingerprint density at radius 3 is 2.20 bits per heavy atom. The fourth-order valence-corrected chi connectivity index (χ4v) is 4.87. The van der Waals surface area contributed by atoms with Gasteiger partial charge < -0.3 is 20.1 Å². The lowest BCUT2D eigenvalue weighted by Crippen LogP contribution is -2.56. The summed E-state index contributed by atoms with van der Waals surface area (Å²) in [4.78, 5) is 37.9. The van der Waals surface area contributed by atoms with Crippen LogP contribution in [0.3, 0.4) is 0 Å². The van der Waals surface area contributed by atoms with Crippen molar-refractivity contribution >= 4 is 18.0 Å². The van der Waals surface area contributed by atoms with E-state index < -0.39 is 42.7 Å². The summed E-state index contributed by atoms with van der Waals surface area (Å²) in [6.45, 7) is -0.120. The van der Waals surface area contributed by atoms with Gasteiger partial charge in [-0.1, -0.05) is 48.5 Å². The lowest BCUT2D eigenvalue weighted by Gasteiger charge is -2.35. The van der Waals surface area contributed by atoms with E-state index in [1.165, 1.54) is 0 Å².